The molecule has 0 bridgehead atoms. The SMILES string of the molecule is [3H]C1C[C@H](C)O[C@@H]1COP(=O)(O)OCC(COCCCOP(=O)(O)OCCCCCCO[C@@H]1OC(CO)[C@H](O)[C@H](O)C1C)(COCCCOP(=O)(O)OCCCCCCO[C@@H]1OC(CO)[C@H](O)[C@H](O)C1C)COCCCOP(=O)(O)OCCCCCCO[C@@H]1OC(CO)[C@H](O)[C@H](O)C1NC(C)=O. The van der Waals surface area contributed by atoms with Crippen LogP contribution in [0.5, 0.6) is 0 Å². The van der Waals surface area contributed by atoms with Crippen molar-refractivity contribution >= 4 is 37.2 Å². The Labute approximate surface area is 592 Å². The van der Waals surface area contributed by atoms with Crippen LogP contribution in [0.25, 0.3) is 0 Å². The molecule has 0 aromatic heterocycles. The van der Waals surface area contributed by atoms with Gasteiger partial charge in [-0.15, -0.1) is 0 Å². The smallest absolute Gasteiger partial charge is 0.394 e. The molecule has 4 fully saturated rings. The first kappa shape index (κ1) is 90.8. The molecule has 4 saturated heterocycles. The Morgan fingerprint density at radius 2 is 0.752 bits per heavy atom. The van der Waals surface area contributed by atoms with Gasteiger partial charge < -0.3 is 118 Å². The van der Waals surface area contributed by atoms with Crippen molar-refractivity contribution in [2.75, 3.05) is 132 Å². The standard InChI is InChI=1S/C60H117NO36P4/c1-42-20-21-46(94-42)37-92-101(78,79)93-41-60(38-80-22-17-31-89-98(72,73)86-28-14-8-5-11-25-83-57-43(2)51(66)53(68)47(34-62)95-57,39-81-23-18-32-90-99(74,75)87-29-15-9-6-12-26-84-58-44(3)52(67)54(69)48(35-63)96-58)40-82-24-19-33-91-100(76,77)88-30-16-10-7-13-27-85-59-50(61-45(4)65)56(71)55(70)49(36-64)97-59/h42-44,46-59,62-64,66-71H,5-41H2,1-4H3,(H,61,65)(H,72,73)(H,74,75)(H,76,77)(H,78,79)/t42-,43?,44?,46-,47?,48?,49?,50?,51+,52+,53-,54-,55-,56+,57+,58+,59+,60?/m0/s1/i21T/t21?,42-,43?,44?,46-,47?,48?,49?,50?,51+,52+,53-,54-,55-,56+,57+,58+,59+,60?. The van der Waals surface area contributed by atoms with Gasteiger partial charge in [-0.1, -0.05) is 52.4 Å². The van der Waals surface area contributed by atoms with Crippen LogP contribution in [0, 0.1) is 17.3 Å². The van der Waals surface area contributed by atoms with E-state index in [4.69, 9.17) is 84.9 Å². The summed E-state index contributed by atoms with van der Waals surface area (Å²) in [5, 5.41) is 92.4. The maximum Gasteiger partial charge on any atom is 0.472 e. The number of aliphatic hydroxyl groups is 9. The number of amides is 1. The molecule has 598 valence electrons. The Kier molecular flexibility index (Phi) is 44.3. The van der Waals surface area contributed by atoms with E-state index in [1.54, 1.807) is 20.8 Å². The maximum absolute atomic E-state index is 13.5. The Bertz CT molecular complexity index is 2370. The van der Waals surface area contributed by atoms with Crippen molar-refractivity contribution in [1.82, 2.24) is 5.32 Å². The quantitative estimate of drug-likeness (QED) is 0.0306. The van der Waals surface area contributed by atoms with Crippen LogP contribution in [0.3, 0.4) is 0 Å². The van der Waals surface area contributed by atoms with Crippen LogP contribution in [0.15, 0.2) is 0 Å². The highest BCUT2D eigenvalue weighted by Crippen LogP contribution is 2.47. The number of ether oxygens (including phenoxy) is 10. The van der Waals surface area contributed by atoms with Crippen molar-refractivity contribution in [2.45, 2.75) is 229 Å². The third kappa shape index (κ3) is 36.5. The summed E-state index contributed by atoms with van der Waals surface area (Å²) in [4.78, 5) is 53.8. The van der Waals surface area contributed by atoms with Gasteiger partial charge in [0.2, 0.25) is 5.91 Å². The van der Waals surface area contributed by atoms with Gasteiger partial charge in [-0.05, 0) is 77.5 Å². The van der Waals surface area contributed by atoms with Crippen molar-refractivity contribution < 1.29 is 174 Å². The number of carbonyl (C=O) groups excluding carboxylic acids is 1. The molecule has 4 rings (SSSR count). The molecule has 0 aromatic carbocycles. The number of phosphoric ester groups is 4. The van der Waals surface area contributed by atoms with Crippen LogP contribution in [-0.4, -0.2) is 296 Å². The number of carbonyl (C=O) groups is 1. The summed E-state index contributed by atoms with van der Waals surface area (Å²) in [5.74, 6) is -1.58. The third-order valence-electron chi connectivity index (χ3n) is 16.7. The lowest BCUT2D eigenvalue weighted by molar-refractivity contribution is -0.282. The highest BCUT2D eigenvalue weighted by atomic mass is 31.2. The first-order chi connectivity index (χ1) is 48.4. The van der Waals surface area contributed by atoms with Crippen LogP contribution in [0.4, 0.5) is 0 Å². The Hall–Kier alpha value is -0.850. The number of nitrogens with one attached hydrogen (secondary N) is 1. The van der Waals surface area contributed by atoms with E-state index in [1.807, 2.05) is 0 Å². The molecule has 1 amide bonds. The van der Waals surface area contributed by atoms with Crippen molar-refractivity contribution in [3.63, 3.8) is 0 Å². The Morgan fingerprint density at radius 3 is 1.10 bits per heavy atom. The Morgan fingerprint density at radius 1 is 0.426 bits per heavy atom. The van der Waals surface area contributed by atoms with Crippen LogP contribution in [-0.2, 0) is 107 Å². The number of hydrogen-bond acceptors (Lipinski definition) is 32. The summed E-state index contributed by atoms with van der Waals surface area (Å²) >= 11 is 0. The number of aliphatic hydroxyl groups excluding tert-OH is 9. The summed E-state index contributed by atoms with van der Waals surface area (Å²) in [5.41, 5.74) is -1.48. The van der Waals surface area contributed by atoms with Crippen molar-refractivity contribution in [3.8, 4) is 0 Å². The van der Waals surface area contributed by atoms with Gasteiger partial charge in [-0.25, -0.2) is 18.3 Å². The van der Waals surface area contributed by atoms with Crippen LogP contribution in [0.2, 0.25) is 0 Å². The monoisotopic (exact) mass is 1550 g/mol. The van der Waals surface area contributed by atoms with Gasteiger partial charge in [0.1, 0.15) is 48.8 Å². The second kappa shape index (κ2) is 49.3. The lowest BCUT2D eigenvalue weighted by Gasteiger charge is -2.42. The van der Waals surface area contributed by atoms with Gasteiger partial charge in [0, 0.05) is 59.8 Å². The topological polar surface area (TPSA) is 527 Å². The second-order valence-corrected chi connectivity index (χ2v) is 31.4. The fraction of sp³-hybridized carbons (Fsp3) is 0.983. The first-order valence-electron chi connectivity index (χ1n) is 35.2. The van der Waals surface area contributed by atoms with E-state index in [0.717, 1.165) is 0 Å². The van der Waals surface area contributed by atoms with Crippen molar-refractivity contribution in [2.24, 2.45) is 17.3 Å². The van der Waals surface area contributed by atoms with Crippen LogP contribution < -0.4 is 5.32 Å². The molecule has 11 unspecified atom stereocenters. The third-order valence-corrected chi connectivity index (χ3v) is 20.7. The predicted molar refractivity (Wildman–Crippen MR) is 352 cm³/mol. The molecule has 4 aliphatic heterocycles. The first-order valence-corrected chi connectivity index (χ1v) is 40.6. The zero-order valence-electron chi connectivity index (χ0n) is 59.3. The molecule has 0 aromatic rings. The van der Waals surface area contributed by atoms with E-state index in [2.05, 4.69) is 5.32 Å². The van der Waals surface area contributed by atoms with Crippen LogP contribution >= 0.6 is 31.3 Å². The van der Waals surface area contributed by atoms with E-state index < -0.39 is 180 Å². The Balaban J connectivity index is 1.27. The van der Waals surface area contributed by atoms with Crippen LogP contribution in [0.1, 0.15) is 138 Å². The summed E-state index contributed by atoms with van der Waals surface area (Å²) in [6.07, 6.45) is -8.71. The molecule has 0 aliphatic carbocycles. The van der Waals surface area contributed by atoms with Gasteiger partial charge in [0.05, 0.1) is 122 Å². The molecular weight excluding hydrogens is 1430 g/mol. The normalized spacial score (nSPS) is 31.9. The summed E-state index contributed by atoms with van der Waals surface area (Å²) < 4.78 is 159. The van der Waals surface area contributed by atoms with E-state index in [9.17, 15) is 88.6 Å². The number of hydrogen-bond donors (Lipinski definition) is 14. The molecule has 101 heavy (non-hydrogen) atoms. The van der Waals surface area contributed by atoms with Gasteiger partial charge in [-0.2, -0.15) is 0 Å². The zero-order chi connectivity index (χ0) is 75.4. The number of phosphoric acid groups is 4. The maximum atomic E-state index is 13.5. The van der Waals surface area contributed by atoms with Crippen molar-refractivity contribution in [3.05, 3.63) is 0 Å². The molecule has 37 nitrogen and oxygen atoms in total. The number of unbranched alkanes of at least 4 members (excludes halogenated alkanes) is 9. The largest absolute Gasteiger partial charge is 0.472 e. The van der Waals surface area contributed by atoms with E-state index in [-0.39, 0.29) is 124 Å². The highest BCUT2D eigenvalue weighted by molar-refractivity contribution is 7.48. The lowest BCUT2D eigenvalue weighted by atomic mass is 9.92. The molecule has 41 heteroatoms. The number of rotatable bonds is 58. The minimum Gasteiger partial charge on any atom is -0.394 e. The molecule has 14 N–H and O–H groups in total. The highest BCUT2D eigenvalue weighted by Gasteiger charge is 2.47. The minimum atomic E-state index is -4.91. The molecule has 22 atom stereocenters. The average molecular weight is 1550 g/mol. The van der Waals surface area contributed by atoms with Gasteiger partial charge in [-0.3, -0.25) is 41.0 Å². The molecule has 0 saturated carbocycles. The van der Waals surface area contributed by atoms with E-state index >= 15 is 0 Å². The molecule has 4 aliphatic rings. The summed E-state index contributed by atoms with van der Waals surface area (Å²) in [6.45, 7) is 1.48. The van der Waals surface area contributed by atoms with Gasteiger partial charge in [0.25, 0.3) is 0 Å². The average Bonchev–Trinajstić information content (AvgIpc) is 0.958. The molecular formula is C60H117NO36P4. The summed E-state index contributed by atoms with van der Waals surface area (Å²) in [7, 11) is -18.5. The van der Waals surface area contributed by atoms with Gasteiger partial charge >= 0.3 is 31.3 Å². The van der Waals surface area contributed by atoms with Crippen molar-refractivity contribution in [1.29, 1.82) is 0 Å². The molecule has 0 radical (unpaired) electrons. The fourth-order valence-electron chi connectivity index (χ4n) is 10.8. The minimum absolute atomic E-state index is 0.0142. The fourth-order valence-corrected chi connectivity index (χ4v) is 14.0. The lowest BCUT2D eigenvalue weighted by Crippen LogP contribution is -2.64. The summed E-state index contributed by atoms with van der Waals surface area (Å²) in [6, 6.07) is -1.09. The van der Waals surface area contributed by atoms with E-state index in [1.165, 1.54) is 6.92 Å². The molecule has 0 spiro atoms. The van der Waals surface area contributed by atoms with Gasteiger partial charge in [0.15, 0.2) is 18.9 Å². The zero-order valence-corrected chi connectivity index (χ0v) is 61.9. The van der Waals surface area contributed by atoms with E-state index in [0.29, 0.717) is 83.5 Å². The second-order valence-electron chi connectivity index (χ2n) is 25.5. The molecule has 4 heterocycles. The predicted octanol–water partition coefficient (Wildman–Crippen LogP) is 2.12.